The van der Waals surface area contributed by atoms with E-state index in [-0.39, 0.29) is 12.2 Å². The van der Waals surface area contributed by atoms with Crippen molar-refractivity contribution in [2.75, 3.05) is 20.8 Å². The number of rotatable bonds is 7. The number of benzene rings is 1. The Hall–Kier alpha value is -3.42. The van der Waals surface area contributed by atoms with Crippen LogP contribution in [0.2, 0.25) is 0 Å². The molecule has 26 heavy (non-hydrogen) atoms. The predicted octanol–water partition coefficient (Wildman–Crippen LogP) is 1.37. The number of pyridine rings is 1. The van der Waals surface area contributed by atoms with Gasteiger partial charge in [0, 0.05) is 11.8 Å². The number of carbonyl (C=O) groups excluding carboxylic acids is 2. The minimum absolute atomic E-state index is 0.210. The Morgan fingerprint density at radius 3 is 2.54 bits per heavy atom. The van der Waals surface area contributed by atoms with Crippen LogP contribution in [-0.2, 0) is 4.79 Å². The van der Waals surface area contributed by atoms with Gasteiger partial charge in [-0.1, -0.05) is 6.07 Å². The molecule has 0 spiro atoms. The Bertz CT molecular complexity index is 806. The molecule has 8 heteroatoms. The number of hydrogen-bond acceptors (Lipinski definition) is 6. The van der Waals surface area contributed by atoms with E-state index in [1.807, 2.05) is 0 Å². The lowest BCUT2D eigenvalue weighted by Crippen LogP contribution is -2.35. The lowest BCUT2D eigenvalue weighted by molar-refractivity contribution is -0.120. The second kappa shape index (κ2) is 9.16. The Labute approximate surface area is 151 Å². The van der Waals surface area contributed by atoms with Crippen LogP contribution in [0.3, 0.4) is 0 Å². The van der Waals surface area contributed by atoms with Gasteiger partial charge >= 0.3 is 0 Å². The third-order valence-electron chi connectivity index (χ3n) is 3.46. The standard InChI is InChI=1S/C18H20N4O4/c1-12(13-7-8-15(25-2)16(10-13)26-3)21-22-17(23)11-20-18(24)14-6-4-5-9-19-14/h4-10H,11H2,1-3H3,(H,20,24)(H,22,23). The van der Waals surface area contributed by atoms with Crippen molar-refractivity contribution < 1.29 is 19.1 Å². The van der Waals surface area contributed by atoms with Crippen LogP contribution in [0, 0.1) is 0 Å². The Morgan fingerprint density at radius 1 is 1.12 bits per heavy atom. The van der Waals surface area contributed by atoms with E-state index < -0.39 is 11.8 Å². The Balaban J connectivity index is 1.92. The first-order valence-corrected chi connectivity index (χ1v) is 7.80. The van der Waals surface area contributed by atoms with Crippen LogP contribution < -0.4 is 20.2 Å². The maximum absolute atomic E-state index is 11.8. The number of amides is 2. The minimum atomic E-state index is -0.450. The lowest BCUT2D eigenvalue weighted by atomic mass is 10.1. The summed E-state index contributed by atoms with van der Waals surface area (Å²) in [5.74, 6) is 0.286. The largest absolute Gasteiger partial charge is 0.493 e. The third kappa shape index (κ3) is 5.04. The summed E-state index contributed by atoms with van der Waals surface area (Å²) in [5.41, 5.74) is 3.98. The molecular weight excluding hydrogens is 336 g/mol. The molecule has 8 nitrogen and oxygen atoms in total. The van der Waals surface area contributed by atoms with Gasteiger partial charge in [-0.2, -0.15) is 5.10 Å². The van der Waals surface area contributed by atoms with Crippen LogP contribution in [0.1, 0.15) is 23.0 Å². The van der Waals surface area contributed by atoms with Crippen molar-refractivity contribution in [1.82, 2.24) is 15.7 Å². The molecule has 0 aliphatic rings. The van der Waals surface area contributed by atoms with E-state index >= 15 is 0 Å². The van der Waals surface area contributed by atoms with Crippen LogP contribution in [0.5, 0.6) is 11.5 Å². The van der Waals surface area contributed by atoms with Crippen molar-refractivity contribution in [2.45, 2.75) is 6.92 Å². The van der Waals surface area contributed by atoms with E-state index in [4.69, 9.17) is 9.47 Å². The molecule has 0 saturated heterocycles. The minimum Gasteiger partial charge on any atom is -0.493 e. The predicted molar refractivity (Wildman–Crippen MR) is 96.5 cm³/mol. The maximum Gasteiger partial charge on any atom is 0.270 e. The van der Waals surface area contributed by atoms with Crippen LogP contribution in [0.25, 0.3) is 0 Å². The zero-order chi connectivity index (χ0) is 18.9. The first-order valence-electron chi connectivity index (χ1n) is 7.80. The molecule has 1 heterocycles. The van der Waals surface area contributed by atoms with Crippen LogP contribution >= 0.6 is 0 Å². The number of methoxy groups -OCH3 is 2. The van der Waals surface area contributed by atoms with E-state index in [1.54, 1.807) is 57.5 Å². The summed E-state index contributed by atoms with van der Waals surface area (Å²) in [6.45, 7) is 1.53. The molecule has 0 saturated carbocycles. The highest BCUT2D eigenvalue weighted by Crippen LogP contribution is 2.27. The molecule has 0 unspecified atom stereocenters. The molecule has 136 valence electrons. The summed E-state index contributed by atoms with van der Waals surface area (Å²) in [6.07, 6.45) is 1.51. The van der Waals surface area contributed by atoms with Crippen LogP contribution in [0.4, 0.5) is 0 Å². The zero-order valence-corrected chi connectivity index (χ0v) is 14.8. The molecular formula is C18H20N4O4. The summed E-state index contributed by atoms with van der Waals surface area (Å²) >= 11 is 0. The monoisotopic (exact) mass is 356 g/mol. The first kappa shape index (κ1) is 18.9. The van der Waals surface area contributed by atoms with Gasteiger partial charge in [-0.15, -0.1) is 0 Å². The van der Waals surface area contributed by atoms with Gasteiger partial charge in [-0.3, -0.25) is 14.6 Å². The number of hydrazone groups is 1. The van der Waals surface area contributed by atoms with Crippen molar-refractivity contribution in [3.63, 3.8) is 0 Å². The molecule has 0 radical (unpaired) electrons. The number of carbonyl (C=O) groups is 2. The van der Waals surface area contributed by atoms with Crippen molar-refractivity contribution in [3.8, 4) is 11.5 Å². The Kier molecular flexibility index (Phi) is 6.67. The summed E-state index contributed by atoms with van der Waals surface area (Å²) in [4.78, 5) is 27.6. The molecule has 0 atom stereocenters. The molecule has 1 aromatic heterocycles. The van der Waals surface area contributed by atoms with Gasteiger partial charge < -0.3 is 14.8 Å². The molecule has 0 bridgehead atoms. The highest BCUT2D eigenvalue weighted by atomic mass is 16.5. The van der Waals surface area contributed by atoms with Crippen molar-refractivity contribution in [2.24, 2.45) is 5.10 Å². The van der Waals surface area contributed by atoms with E-state index in [2.05, 4.69) is 20.8 Å². The summed E-state index contributed by atoms with van der Waals surface area (Å²) in [6, 6.07) is 10.3. The molecule has 2 rings (SSSR count). The number of aromatic nitrogens is 1. The van der Waals surface area contributed by atoms with Gasteiger partial charge in [0.1, 0.15) is 5.69 Å². The van der Waals surface area contributed by atoms with Crippen molar-refractivity contribution in [3.05, 3.63) is 53.9 Å². The fraction of sp³-hybridized carbons (Fsp3) is 0.222. The first-order chi connectivity index (χ1) is 12.5. The lowest BCUT2D eigenvalue weighted by Gasteiger charge is -2.09. The second-order valence-corrected chi connectivity index (χ2v) is 5.20. The summed E-state index contributed by atoms with van der Waals surface area (Å²) in [7, 11) is 3.10. The van der Waals surface area contributed by atoms with Gasteiger partial charge in [0.15, 0.2) is 11.5 Å². The molecule has 2 N–H and O–H groups in total. The van der Waals surface area contributed by atoms with Gasteiger partial charge in [-0.05, 0) is 37.3 Å². The van der Waals surface area contributed by atoms with Crippen LogP contribution in [0.15, 0.2) is 47.7 Å². The third-order valence-corrected chi connectivity index (χ3v) is 3.46. The molecule has 2 aromatic rings. The van der Waals surface area contributed by atoms with Crippen molar-refractivity contribution in [1.29, 1.82) is 0 Å². The van der Waals surface area contributed by atoms with E-state index in [1.165, 1.54) is 6.20 Å². The number of ether oxygens (including phenoxy) is 2. The second-order valence-electron chi connectivity index (χ2n) is 5.20. The molecule has 1 aromatic carbocycles. The van der Waals surface area contributed by atoms with Crippen molar-refractivity contribution >= 4 is 17.5 Å². The SMILES string of the molecule is COc1ccc(C(C)=NNC(=O)CNC(=O)c2ccccn2)cc1OC. The number of nitrogens with zero attached hydrogens (tertiary/aromatic N) is 2. The average Bonchev–Trinajstić information content (AvgIpc) is 2.70. The summed E-state index contributed by atoms with van der Waals surface area (Å²) in [5, 5.41) is 6.51. The fourth-order valence-corrected chi connectivity index (χ4v) is 2.06. The highest BCUT2D eigenvalue weighted by Gasteiger charge is 2.09. The zero-order valence-electron chi connectivity index (χ0n) is 14.8. The average molecular weight is 356 g/mol. The smallest absolute Gasteiger partial charge is 0.270 e. The topological polar surface area (TPSA) is 102 Å². The van der Waals surface area contributed by atoms with Crippen LogP contribution in [-0.4, -0.2) is 43.3 Å². The maximum atomic E-state index is 11.8. The normalized spacial score (nSPS) is 10.8. The van der Waals surface area contributed by atoms with E-state index in [0.29, 0.717) is 17.2 Å². The highest BCUT2D eigenvalue weighted by molar-refractivity contribution is 6.00. The van der Waals surface area contributed by atoms with E-state index in [0.717, 1.165) is 5.56 Å². The molecule has 0 aliphatic carbocycles. The fourth-order valence-electron chi connectivity index (χ4n) is 2.06. The summed E-state index contributed by atoms with van der Waals surface area (Å²) < 4.78 is 10.4. The molecule has 0 fully saturated rings. The van der Waals surface area contributed by atoms with Gasteiger partial charge in [0.25, 0.3) is 11.8 Å². The Morgan fingerprint density at radius 2 is 1.88 bits per heavy atom. The quantitative estimate of drug-likeness (QED) is 0.576. The van der Waals surface area contributed by atoms with Gasteiger partial charge in [0.2, 0.25) is 0 Å². The molecule has 2 amide bonds. The van der Waals surface area contributed by atoms with E-state index in [9.17, 15) is 9.59 Å². The number of hydrogen-bond donors (Lipinski definition) is 2. The molecule has 0 aliphatic heterocycles. The van der Waals surface area contributed by atoms with Gasteiger partial charge in [0.05, 0.1) is 26.5 Å². The number of nitrogens with one attached hydrogen (secondary N) is 2. The van der Waals surface area contributed by atoms with Gasteiger partial charge in [-0.25, -0.2) is 5.43 Å².